The molecule has 0 radical (unpaired) electrons. The van der Waals surface area contributed by atoms with Crippen molar-refractivity contribution in [3.63, 3.8) is 0 Å². The van der Waals surface area contributed by atoms with Crippen molar-refractivity contribution in [3.05, 3.63) is 83.1 Å². The molecule has 160 valence electrons. The van der Waals surface area contributed by atoms with Crippen molar-refractivity contribution in [2.75, 3.05) is 26.3 Å². The van der Waals surface area contributed by atoms with Crippen LogP contribution in [-0.2, 0) is 17.6 Å². The van der Waals surface area contributed by atoms with E-state index in [-0.39, 0.29) is 18.4 Å². The summed E-state index contributed by atoms with van der Waals surface area (Å²) in [5.41, 5.74) is 3.31. The first-order valence-corrected chi connectivity index (χ1v) is 10.8. The molecule has 31 heavy (non-hydrogen) atoms. The number of nitrogens with one attached hydrogen (secondary N) is 1. The second-order valence-corrected chi connectivity index (χ2v) is 8.16. The Morgan fingerprint density at radius 1 is 1.10 bits per heavy atom. The number of fused-ring (bicyclic) bond motifs is 1. The molecule has 4 rings (SSSR count). The van der Waals surface area contributed by atoms with Gasteiger partial charge >= 0.3 is 0 Å². The Labute approximate surface area is 182 Å². The fourth-order valence-corrected chi connectivity index (χ4v) is 4.36. The van der Waals surface area contributed by atoms with E-state index in [1.807, 2.05) is 18.2 Å². The Balaban J connectivity index is 1.36. The summed E-state index contributed by atoms with van der Waals surface area (Å²) >= 11 is 0. The van der Waals surface area contributed by atoms with Gasteiger partial charge in [-0.15, -0.1) is 0 Å². The number of rotatable bonds is 7. The summed E-state index contributed by atoms with van der Waals surface area (Å²) in [5.74, 6) is -0.307. The highest BCUT2D eigenvalue weighted by Gasteiger charge is 2.21. The molecule has 0 bridgehead atoms. The van der Waals surface area contributed by atoms with Crippen molar-refractivity contribution < 1.29 is 9.18 Å². The second kappa shape index (κ2) is 9.76. The number of aromatic nitrogens is 1. The van der Waals surface area contributed by atoms with E-state index in [0.29, 0.717) is 12.5 Å². The zero-order chi connectivity index (χ0) is 21.6. The van der Waals surface area contributed by atoms with Gasteiger partial charge < -0.3 is 9.47 Å². The summed E-state index contributed by atoms with van der Waals surface area (Å²) in [6.45, 7) is 9.90. The quantitative estimate of drug-likeness (QED) is 0.585. The normalized spacial score (nSPS) is 15.1. The van der Waals surface area contributed by atoms with Crippen molar-refractivity contribution in [1.82, 2.24) is 14.8 Å². The fourth-order valence-electron chi connectivity index (χ4n) is 4.36. The maximum absolute atomic E-state index is 13.1. The minimum Gasteiger partial charge on any atom is -0.344 e. The van der Waals surface area contributed by atoms with Crippen LogP contribution in [0.15, 0.2) is 54.7 Å². The van der Waals surface area contributed by atoms with Crippen LogP contribution in [0.1, 0.15) is 30.0 Å². The number of carbonyl (C=O) groups excluding carboxylic acids is 1. The first-order chi connectivity index (χ1) is 15.1. The molecule has 0 saturated carbocycles. The lowest BCUT2D eigenvalue weighted by molar-refractivity contribution is -0.120. The number of nitrogens with zero attached hydrogens (tertiary/aromatic N) is 3. The molecule has 1 aliphatic heterocycles. The van der Waals surface area contributed by atoms with Crippen LogP contribution in [0.3, 0.4) is 0 Å². The number of halogens is 1. The Morgan fingerprint density at radius 2 is 1.84 bits per heavy atom. The Kier molecular flexibility index (Phi) is 6.63. The van der Waals surface area contributed by atoms with Crippen molar-refractivity contribution in [2.45, 2.75) is 31.7 Å². The van der Waals surface area contributed by atoms with Gasteiger partial charge in [-0.1, -0.05) is 24.3 Å². The van der Waals surface area contributed by atoms with E-state index in [1.54, 1.807) is 0 Å². The maximum Gasteiger partial charge on any atom is 0.289 e. The molecule has 1 aliphatic rings. The summed E-state index contributed by atoms with van der Waals surface area (Å²) in [5, 5.41) is 3.79. The average molecular weight is 419 g/mol. The van der Waals surface area contributed by atoms with Crippen LogP contribution in [0.2, 0.25) is 0 Å². The molecule has 1 amide bonds. The second-order valence-electron chi connectivity index (χ2n) is 8.16. The van der Waals surface area contributed by atoms with Gasteiger partial charge in [0.05, 0.1) is 6.42 Å². The van der Waals surface area contributed by atoms with E-state index >= 15 is 0 Å². The highest BCUT2D eigenvalue weighted by molar-refractivity contribution is 5.84. The summed E-state index contributed by atoms with van der Waals surface area (Å²) in [4.78, 5) is 17.6. The number of carbonyl (C=O) groups is 1. The number of piperidine rings is 1. The summed E-state index contributed by atoms with van der Waals surface area (Å²) < 4.78 is 15.4. The molecule has 1 N–H and O–H groups in total. The molecule has 0 aliphatic carbocycles. The SMILES string of the molecule is [C-]#[N+]CNC(=O)Cc1ccc2ccn(C3CCN(CCc4ccc(F)cc4)CC3)c2c1. The zero-order valence-electron chi connectivity index (χ0n) is 17.6. The van der Waals surface area contributed by atoms with Crippen LogP contribution < -0.4 is 5.32 Å². The van der Waals surface area contributed by atoms with Crippen molar-refractivity contribution in [3.8, 4) is 0 Å². The number of amides is 1. The van der Waals surface area contributed by atoms with E-state index < -0.39 is 0 Å². The van der Waals surface area contributed by atoms with Crippen LogP contribution >= 0.6 is 0 Å². The van der Waals surface area contributed by atoms with Gasteiger partial charge in [0, 0.05) is 37.4 Å². The summed E-state index contributed by atoms with van der Waals surface area (Å²) in [6.07, 6.45) is 5.56. The van der Waals surface area contributed by atoms with Gasteiger partial charge in [-0.2, -0.15) is 0 Å². The molecule has 3 aromatic rings. The third-order valence-electron chi connectivity index (χ3n) is 6.09. The molecule has 6 heteroatoms. The van der Waals surface area contributed by atoms with Gasteiger partial charge in [0.15, 0.2) is 0 Å². The molecule has 1 aromatic heterocycles. The molecule has 1 saturated heterocycles. The van der Waals surface area contributed by atoms with E-state index in [0.717, 1.165) is 44.5 Å². The van der Waals surface area contributed by atoms with Crippen LogP contribution in [0.4, 0.5) is 4.39 Å². The smallest absolute Gasteiger partial charge is 0.289 e. The maximum atomic E-state index is 13.1. The highest BCUT2D eigenvalue weighted by atomic mass is 19.1. The van der Waals surface area contributed by atoms with E-state index in [2.05, 4.69) is 44.0 Å². The lowest BCUT2D eigenvalue weighted by Gasteiger charge is -2.33. The van der Waals surface area contributed by atoms with Crippen LogP contribution in [-0.4, -0.2) is 41.7 Å². The van der Waals surface area contributed by atoms with Gasteiger partial charge in [0.25, 0.3) is 6.67 Å². The molecule has 0 atom stereocenters. The molecule has 2 heterocycles. The van der Waals surface area contributed by atoms with Crippen molar-refractivity contribution in [2.24, 2.45) is 0 Å². The Bertz CT molecular complexity index is 1080. The molecule has 0 spiro atoms. The molecular weight excluding hydrogens is 391 g/mol. The minimum atomic E-state index is -0.185. The molecule has 1 fully saturated rings. The van der Waals surface area contributed by atoms with Gasteiger partial charge in [-0.3, -0.25) is 15.0 Å². The Hall–Kier alpha value is -3.17. The highest BCUT2D eigenvalue weighted by Crippen LogP contribution is 2.28. The van der Waals surface area contributed by atoms with E-state index in [4.69, 9.17) is 6.57 Å². The predicted octanol–water partition coefficient (Wildman–Crippen LogP) is 4.20. The van der Waals surface area contributed by atoms with Gasteiger partial charge in [-0.05, 0) is 60.0 Å². The minimum absolute atomic E-state index is 0.0250. The molecule has 2 aromatic carbocycles. The van der Waals surface area contributed by atoms with E-state index in [9.17, 15) is 9.18 Å². The predicted molar refractivity (Wildman–Crippen MR) is 120 cm³/mol. The van der Waals surface area contributed by atoms with Gasteiger partial charge in [0.1, 0.15) is 5.82 Å². The standard InChI is InChI=1S/C25H27FN4O/c1-27-18-28-25(31)17-20-2-5-21-9-15-30(24(21)16-20)23-10-13-29(14-11-23)12-8-19-3-6-22(26)7-4-19/h2-7,9,15-16,23H,8,10-14,17-18H2,(H,28,31). The van der Waals surface area contributed by atoms with Crippen molar-refractivity contribution >= 4 is 16.8 Å². The lowest BCUT2D eigenvalue weighted by atomic mass is 10.0. The first kappa shape index (κ1) is 21.1. The zero-order valence-corrected chi connectivity index (χ0v) is 17.6. The first-order valence-electron chi connectivity index (χ1n) is 10.8. The largest absolute Gasteiger partial charge is 0.344 e. The monoisotopic (exact) mass is 418 g/mol. The summed E-state index contributed by atoms with van der Waals surface area (Å²) in [6, 6.07) is 15.5. The molecule has 5 nitrogen and oxygen atoms in total. The Morgan fingerprint density at radius 3 is 2.58 bits per heavy atom. The number of likely N-dealkylation sites (tertiary alicyclic amines) is 1. The van der Waals surface area contributed by atoms with Crippen LogP contribution in [0.25, 0.3) is 15.7 Å². The van der Waals surface area contributed by atoms with Crippen LogP contribution in [0, 0.1) is 12.4 Å². The van der Waals surface area contributed by atoms with Crippen molar-refractivity contribution in [1.29, 1.82) is 0 Å². The van der Waals surface area contributed by atoms with E-state index in [1.165, 1.54) is 28.6 Å². The van der Waals surface area contributed by atoms with Gasteiger partial charge in [0.2, 0.25) is 5.91 Å². The number of hydrogen-bond acceptors (Lipinski definition) is 2. The lowest BCUT2D eigenvalue weighted by Crippen LogP contribution is -2.35. The molecular formula is C25H27FN4O. The number of benzene rings is 2. The summed E-state index contributed by atoms with van der Waals surface area (Å²) in [7, 11) is 0. The topological polar surface area (TPSA) is 41.6 Å². The van der Waals surface area contributed by atoms with Crippen LogP contribution in [0.5, 0.6) is 0 Å². The third kappa shape index (κ3) is 5.31. The average Bonchev–Trinajstić information content (AvgIpc) is 3.21. The molecule has 0 unspecified atom stereocenters. The number of hydrogen-bond donors (Lipinski definition) is 1. The third-order valence-corrected chi connectivity index (χ3v) is 6.09. The van der Waals surface area contributed by atoms with Gasteiger partial charge in [-0.25, -0.2) is 11.0 Å². The fraction of sp³-hybridized carbons (Fsp3) is 0.360.